The molecule has 0 saturated heterocycles. The van der Waals surface area contributed by atoms with Crippen molar-refractivity contribution in [2.24, 2.45) is 0 Å². The van der Waals surface area contributed by atoms with Crippen molar-refractivity contribution in [3.8, 4) is 0 Å². The molecule has 0 spiro atoms. The third-order valence-electron chi connectivity index (χ3n) is 1.50. The lowest BCUT2D eigenvalue weighted by Gasteiger charge is -1.94. The largest absolute Gasteiger partial charge is 0.360 e. The van der Waals surface area contributed by atoms with Crippen LogP contribution in [-0.4, -0.2) is 9.97 Å². The third kappa shape index (κ3) is 1.10. The van der Waals surface area contributed by atoms with E-state index in [1.807, 2.05) is 12.3 Å². The van der Waals surface area contributed by atoms with Crippen molar-refractivity contribution in [3.63, 3.8) is 0 Å². The van der Waals surface area contributed by atoms with Gasteiger partial charge in [-0.3, -0.25) is 0 Å². The van der Waals surface area contributed by atoms with E-state index in [1.54, 1.807) is 6.20 Å². The first kappa shape index (κ1) is 7.31. The SMILES string of the molecule is Brc1ncc(Br)c2[nH]ccc12. The summed E-state index contributed by atoms with van der Waals surface area (Å²) in [6.07, 6.45) is 3.66. The van der Waals surface area contributed by atoms with Gasteiger partial charge in [0.2, 0.25) is 0 Å². The maximum Gasteiger partial charge on any atom is 0.115 e. The number of aromatic amines is 1. The second kappa shape index (κ2) is 2.60. The normalized spacial score (nSPS) is 10.7. The molecule has 4 heteroatoms. The topological polar surface area (TPSA) is 28.7 Å². The standard InChI is InChI=1S/C7H4Br2N2/c8-5-3-11-7(9)4-1-2-10-6(4)5/h1-3,10H. The molecule has 0 aliphatic carbocycles. The minimum atomic E-state index is 0.872. The summed E-state index contributed by atoms with van der Waals surface area (Å²) in [7, 11) is 0. The highest BCUT2D eigenvalue weighted by Crippen LogP contribution is 2.26. The van der Waals surface area contributed by atoms with Crippen molar-refractivity contribution in [1.29, 1.82) is 0 Å². The van der Waals surface area contributed by atoms with E-state index in [9.17, 15) is 0 Å². The number of nitrogens with zero attached hydrogens (tertiary/aromatic N) is 1. The molecule has 0 aliphatic rings. The van der Waals surface area contributed by atoms with Gasteiger partial charge in [0.15, 0.2) is 0 Å². The maximum atomic E-state index is 4.13. The van der Waals surface area contributed by atoms with Crippen LogP contribution in [0.1, 0.15) is 0 Å². The summed E-state index contributed by atoms with van der Waals surface area (Å²) in [4.78, 5) is 7.24. The van der Waals surface area contributed by atoms with E-state index in [2.05, 4.69) is 41.8 Å². The second-order valence-corrected chi connectivity index (χ2v) is 3.77. The van der Waals surface area contributed by atoms with Crippen LogP contribution in [0.3, 0.4) is 0 Å². The van der Waals surface area contributed by atoms with Crippen LogP contribution >= 0.6 is 31.9 Å². The number of fused-ring (bicyclic) bond motifs is 1. The fourth-order valence-corrected chi connectivity index (χ4v) is 1.85. The first-order valence-electron chi connectivity index (χ1n) is 3.06. The molecule has 2 rings (SSSR count). The van der Waals surface area contributed by atoms with Crippen LogP contribution < -0.4 is 0 Å². The van der Waals surface area contributed by atoms with Crippen LogP contribution in [0, 0.1) is 0 Å². The smallest absolute Gasteiger partial charge is 0.115 e. The average Bonchev–Trinajstić information content (AvgIpc) is 2.45. The van der Waals surface area contributed by atoms with E-state index >= 15 is 0 Å². The van der Waals surface area contributed by atoms with Gasteiger partial charge in [-0.1, -0.05) is 0 Å². The lowest BCUT2D eigenvalue weighted by Crippen LogP contribution is -1.77. The number of H-pyrrole nitrogens is 1. The van der Waals surface area contributed by atoms with Gasteiger partial charge >= 0.3 is 0 Å². The monoisotopic (exact) mass is 274 g/mol. The van der Waals surface area contributed by atoms with E-state index in [-0.39, 0.29) is 0 Å². The van der Waals surface area contributed by atoms with Gasteiger partial charge in [0, 0.05) is 17.8 Å². The first-order valence-corrected chi connectivity index (χ1v) is 4.65. The van der Waals surface area contributed by atoms with Crippen molar-refractivity contribution >= 4 is 42.8 Å². The molecule has 0 aromatic carbocycles. The number of rotatable bonds is 0. The van der Waals surface area contributed by atoms with Crippen LogP contribution in [0.25, 0.3) is 10.9 Å². The quantitative estimate of drug-likeness (QED) is 0.736. The fraction of sp³-hybridized carbons (Fsp3) is 0. The Kier molecular flexibility index (Phi) is 1.73. The van der Waals surface area contributed by atoms with E-state index < -0.39 is 0 Å². The van der Waals surface area contributed by atoms with Gasteiger partial charge in [-0.05, 0) is 37.9 Å². The molecule has 2 aromatic heterocycles. The van der Waals surface area contributed by atoms with E-state index in [1.165, 1.54) is 0 Å². The Morgan fingerprint density at radius 3 is 2.91 bits per heavy atom. The number of hydrogen-bond donors (Lipinski definition) is 1. The molecule has 2 heterocycles. The second-order valence-electron chi connectivity index (χ2n) is 2.16. The number of nitrogens with one attached hydrogen (secondary N) is 1. The van der Waals surface area contributed by atoms with Gasteiger partial charge in [-0.2, -0.15) is 0 Å². The van der Waals surface area contributed by atoms with Crippen molar-refractivity contribution in [2.75, 3.05) is 0 Å². The number of hydrogen-bond acceptors (Lipinski definition) is 1. The highest BCUT2D eigenvalue weighted by Gasteiger charge is 2.02. The van der Waals surface area contributed by atoms with Crippen molar-refractivity contribution < 1.29 is 0 Å². The zero-order valence-corrected chi connectivity index (χ0v) is 8.61. The zero-order valence-electron chi connectivity index (χ0n) is 5.44. The summed E-state index contributed by atoms with van der Waals surface area (Å²) in [6.45, 7) is 0. The van der Waals surface area contributed by atoms with Crippen molar-refractivity contribution in [2.45, 2.75) is 0 Å². The Morgan fingerprint density at radius 1 is 1.36 bits per heavy atom. The predicted molar refractivity (Wildman–Crippen MR) is 51.5 cm³/mol. The Hall–Kier alpha value is -0.350. The maximum absolute atomic E-state index is 4.13. The number of aromatic nitrogens is 2. The summed E-state index contributed by atoms with van der Waals surface area (Å²) in [6, 6.07) is 1.98. The molecular weight excluding hydrogens is 272 g/mol. The molecule has 0 fully saturated rings. The predicted octanol–water partition coefficient (Wildman–Crippen LogP) is 3.09. The third-order valence-corrected chi connectivity index (χ3v) is 2.73. The fourth-order valence-electron chi connectivity index (χ4n) is 0.986. The highest BCUT2D eigenvalue weighted by atomic mass is 79.9. The van der Waals surface area contributed by atoms with Crippen LogP contribution in [0.15, 0.2) is 27.5 Å². The summed E-state index contributed by atoms with van der Waals surface area (Å²) in [5.74, 6) is 0. The zero-order chi connectivity index (χ0) is 7.84. The Morgan fingerprint density at radius 2 is 2.18 bits per heavy atom. The van der Waals surface area contributed by atoms with Gasteiger partial charge in [0.25, 0.3) is 0 Å². The van der Waals surface area contributed by atoms with Crippen molar-refractivity contribution in [1.82, 2.24) is 9.97 Å². The summed E-state index contributed by atoms with van der Waals surface area (Å²) >= 11 is 6.75. The lowest BCUT2D eigenvalue weighted by molar-refractivity contribution is 1.29. The molecule has 0 aliphatic heterocycles. The van der Waals surface area contributed by atoms with E-state index in [0.717, 1.165) is 20.0 Å². The highest BCUT2D eigenvalue weighted by molar-refractivity contribution is 9.11. The Labute approximate surface area is 80.3 Å². The van der Waals surface area contributed by atoms with E-state index in [0.29, 0.717) is 0 Å². The molecular formula is C7H4Br2N2. The summed E-state index contributed by atoms with van der Waals surface area (Å²) in [5.41, 5.74) is 1.08. The number of halogens is 2. The van der Waals surface area contributed by atoms with Crippen LogP contribution in [0.2, 0.25) is 0 Å². The van der Waals surface area contributed by atoms with Crippen molar-refractivity contribution in [3.05, 3.63) is 27.5 Å². The van der Waals surface area contributed by atoms with Crippen LogP contribution in [0.5, 0.6) is 0 Å². The molecule has 0 unspecified atom stereocenters. The molecule has 0 radical (unpaired) electrons. The lowest BCUT2D eigenvalue weighted by atomic mass is 10.3. The van der Waals surface area contributed by atoms with E-state index in [4.69, 9.17) is 0 Å². The minimum Gasteiger partial charge on any atom is -0.360 e. The van der Waals surface area contributed by atoms with Gasteiger partial charge in [-0.25, -0.2) is 4.98 Å². The van der Waals surface area contributed by atoms with Crippen LogP contribution in [0.4, 0.5) is 0 Å². The average molecular weight is 276 g/mol. The van der Waals surface area contributed by atoms with Gasteiger partial charge < -0.3 is 4.98 Å². The van der Waals surface area contributed by atoms with Gasteiger partial charge in [0.1, 0.15) is 4.60 Å². The first-order chi connectivity index (χ1) is 5.29. The molecule has 1 N–H and O–H groups in total. The molecule has 0 atom stereocenters. The molecule has 0 bridgehead atoms. The minimum absolute atomic E-state index is 0.872. The van der Waals surface area contributed by atoms with Gasteiger partial charge in [0.05, 0.1) is 9.99 Å². The molecule has 2 nitrogen and oxygen atoms in total. The molecule has 0 saturated carbocycles. The Bertz CT molecular complexity index is 358. The molecule has 0 amide bonds. The van der Waals surface area contributed by atoms with Gasteiger partial charge in [-0.15, -0.1) is 0 Å². The summed E-state index contributed by atoms with van der Waals surface area (Å²) in [5, 5.41) is 1.10. The summed E-state index contributed by atoms with van der Waals surface area (Å²) < 4.78 is 1.86. The molecule has 2 aromatic rings. The number of pyridine rings is 1. The van der Waals surface area contributed by atoms with Crippen LogP contribution in [-0.2, 0) is 0 Å². The molecule has 11 heavy (non-hydrogen) atoms. The molecule has 56 valence electrons. The Balaban J connectivity index is 2.96.